The van der Waals surface area contributed by atoms with E-state index in [2.05, 4.69) is 5.32 Å². The van der Waals surface area contributed by atoms with Gasteiger partial charge in [-0.05, 0) is 55.8 Å². The number of carbonyl (C=O) groups is 1. The Morgan fingerprint density at radius 2 is 1.64 bits per heavy atom. The molecule has 0 aliphatic carbocycles. The highest BCUT2D eigenvalue weighted by Gasteiger charge is 2.28. The molecule has 0 bridgehead atoms. The molecule has 7 nitrogen and oxygen atoms in total. The monoisotopic (exact) mass is 468 g/mol. The van der Waals surface area contributed by atoms with Crippen LogP contribution in [0.3, 0.4) is 0 Å². The lowest BCUT2D eigenvalue weighted by Gasteiger charge is -2.26. The van der Waals surface area contributed by atoms with Crippen LogP contribution in [0, 0.1) is 6.92 Å². The number of benzene rings is 3. The van der Waals surface area contributed by atoms with Crippen LogP contribution < -0.4 is 19.1 Å². The third kappa shape index (κ3) is 5.46. The molecule has 1 N–H and O–H groups in total. The van der Waals surface area contributed by atoms with Gasteiger partial charge in [0.15, 0.2) is 0 Å². The van der Waals surface area contributed by atoms with Crippen LogP contribution in [0.1, 0.15) is 24.1 Å². The number of aryl methyl sites for hydroxylation is 1. The number of nitrogens with zero attached hydrogens (tertiary/aromatic N) is 1. The first-order chi connectivity index (χ1) is 15.8. The molecule has 174 valence electrons. The van der Waals surface area contributed by atoms with Crippen molar-refractivity contribution in [3.8, 4) is 11.5 Å². The van der Waals surface area contributed by atoms with E-state index in [0.717, 1.165) is 15.4 Å². The average molecular weight is 469 g/mol. The molecule has 0 aliphatic heterocycles. The zero-order chi connectivity index (χ0) is 24.0. The van der Waals surface area contributed by atoms with Crippen molar-refractivity contribution in [3.63, 3.8) is 0 Å². The molecule has 33 heavy (non-hydrogen) atoms. The van der Waals surface area contributed by atoms with E-state index in [4.69, 9.17) is 9.47 Å². The Kier molecular flexibility index (Phi) is 7.60. The smallest absolute Gasteiger partial charge is 0.264 e. The number of ether oxygens (including phenoxy) is 2. The lowest BCUT2D eigenvalue weighted by molar-refractivity contribution is -0.120. The zero-order valence-corrected chi connectivity index (χ0v) is 19.9. The summed E-state index contributed by atoms with van der Waals surface area (Å²) in [6, 6.07) is 20.0. The third-order valence-electron chi connectivity index (χ3n) is 5.28. The molecule has 8 heteroatoms. The summed E-state index contributed by atoms with van der Waals surface area (Å²) >= 11 is 0. The van der Waals surface area contributed by atoms with E-state index in [1.165, 1.54) is 12.1 Å². The van der Waals surface area contributed by atoms with Crippen LogP contribution in [0.25, 0.3) is 0 Å². The fourth-order valence-corrected chi connectivity index (χ4v) is 5.04. The molecule has 0 spiro atoms. The second-order valence-corrected chi connectivity index (χ2v) is 9.37. The second kappa shape index (κ2) is 10.4. The number of methoxy groups -OCH3 is 2. The number of hydrogen-bond acceptors (Lipinski definition) is 5. The van der Waals surface area contributed by atoms with E-state index < -0.39 is 22.0 Å². The molecule has 3 aromatic rings. The first kappa shape index (κ1) is 24.1. The summed E-state index contributed by atoms with van der Waals surface area (Å²) in [6.45, 7) is 3.24. The van der Waals surface area contributed by atoms with Crippen LogP contribution in [0.2, 0.25) is 0 Å². The van der Waals surface area contributed by atoms with Gasteiger partial charge in [-0.3, -0.25) is 9.10 Å². The number of nitrogens with one attached hydrogen (secondary N) is 1. The fourth-order valence-electron chi connectivity index (χ4n) is 3.54. The summed E-state index contributed by atoms with van der Waals surface area (Å²) in [7, 11) is -0.861. The highest BCUT2D eigenvalue weighted by molar-refractivity contribution is 7.92. The van der Waals surface area contributed by atoms with Crippen molar-refractivity contribution in [1.29, 1.82) is 0 Å². The quantitative estimate of drug-likeness (QED) is 0.511. The van der Waals surface area contributed by atoms with Gasteiger partial charge in [0.25, 0.3) is 10.0 Å². The Hall–Kier alpha value is -3.52. The Labute approximate surface area is 195 Å². The predicted octanol–water partition coefficient (Wildman–Crippen LogP) is 4.08. The molecule has 0 fully saturated rings. The number of sulfonamides is 1. The largest absolute Gasteiger partial charge is 0.497 e. The normalized spacial score (nSPS) is 12.0. The first-order valence-corrected chi connectivity index (χ1v) is 11.9. The summed E-state index contributed by atoms with van der Waals surface area (Å²) in [5.74, 6) is 0.770. The molecule has 1 atom stereocenters. The molecular weight excluding hydrogens is 440 g/mol. The number of carbonyl (C=O) groups excluding carboxylic acids is 1. The fraction of sp³-hybridized carbons (Fsp3) is 0.240. The topological polar surface area (TPSA) is 84.9 Å². The van der Waals surface area contributed by atoms with Crippen LogP contribution in [-0.2, 0) is 14.8 Å². The molecule has 0 aliphatic rings. The van der Waals surface area contributed by atoms with Gasteiger partial charge >= 0.3 is 0 Å². The standard InChI is InChI=1S/C25H28N2O5S/c1-18-10-8-9-13-23(18)27(33(29,30)21-11-6-5-7-12-21)17-25(28)26-19(2)22-16-20(31-3)14-15-24(22)32-4/h5-16,19H,17H2,1-4H3,(H,26,28)/t19-/m0/s1. The lowest BCUT2D eigenvalue weighted by atomic mass is 10.1. The molecule has 0 unspecified atom stereocenters. The average Bonchev–Trinajstić information content (AvgIpc) is 2.83. The Balaban J connectivity index is 1.91. The van der Waals surface area contributed by atoms with E-state index in [0.29, 0.717) is 17.2 Å². The van der Waals surface area contributed by atoms with Crippen LogP contribution in [-0.4, -0.2) is 35.1 Å². The van der Waals surface area contributed by atoms with Gasteiger partial charge in [-0.1, -0.05) is 36.4 Å². The van der Waals surface area contributed by atoms with Gasteiger partial charge in [0.05, 0.1) is 30.8 Å². The number of rotatable bonds is 9. The van der Waals surface area contributed by atoms with E-state index in [-0.39, 0.29) is 11.4 Å². The SMILES string of the molecule is COc1ccc(OC)c([C@H](C)NC(=O)CN(c2ccccc2C)S(=O)(=O)c2ccccc2)c1. The Morgan fingerprint density at radius 3 is 2.27 bits per heavy atom. The van der Waals surface area contributed by atoms with Gasteiger partial charge in [0.1, 0.15) is 18.0 Å². The van der Waals surface area contributed by atoms with Crippen LogP contribution in [0.4, 0.5) is 5.69 Å². The van der Waals surface area contributed by atoms with Crippen molar-refractivity contribution < 1.29 is 22.7 Å². The molecule has 0 saturated carbocycles. The van der Waals surface area contributed by atoms with Gasteiger partial charge in [0, 0.05) is 5.56 Å². The summed E-state index contributed by atoms with van der Waals surface area (Å²) in [4.78, 5) is 13.2. The van der Waals surface area contributed by atoms with E-state index in [1.807, 2.05) is 19.1 Å². The van der Waals surface area contributed by atoms with Crippen LogP contribution >= 0.6 is 0 Å². The molecular formula is C25H28N2O5S. The van der Waals surface area contributed by atoms with Crippen molar-refractivity contribution in [2.75, 3.05) is 25.1 Å². The van der Waals surface area contributed by atoms with Crippen molar-refractivity contribution in [3.05, 3.63) is 83.9 Å². The molecule has 3 rings (SSSR count). The van der Waals surface area contributed by atoms with E-state index in [1.54, 1.807) is 69.7 Å². The molecule has 3 aromatic carbocycles. The number of para-hydroxylation sites is 1. The van der Waals surface area contributed by atoms with Gasteiger partial charge < -0.3 is 14.8 Å². The first-order valence-electron chi connectivity index (χ1n) is 10.4. The summed E-state index contributed by atoms with van der Waals surface area (Å²) in [6.07, 6.45) is 0. The lowest BCUT2D eigenvalue weighted by Crippen LogP contribution is -2.42. The molecule has 0 aromatic heterocycles. The number of hydrogen-bond donors (Lipinski definition) is 1. The Bertz CT molecular complexity index is 1210. The minimum absolute atomic E-state index is 0.114. The van der Waals surface area contributed by atoms with Gasteiger partial charge in [-0.15, -0.1) is 0 Å². The maximum absolute atomic E-state index is 13.5. The second-order valence-electron chi connectivity index (χ2n) is 7.51. The summed E-state index contributed by atoms with van der Waals surface area (Å²) < 4.78 is 38.8. The van der Waals surface area contributed by atoms with Gasteiger partial charge in [-0.25, -0.2) is 8.42 Å². The van der Waals surface area contributed by atoms with Crippen molar-refractivity contribution >= 4 is 21.6 Å². The summed E-state index contributed by atoms with van der Waals surface area (Å²) in [5, 5.41) is 2.88. The number of anilines is 1. The van der Waals surface area contributed by atoms with Crippen molar-refractivity contribution in [1.82, 2.24) is 5.32 Å². The maximum atomic E-state index is 13.5. The molecule has 1 amide bonds. The van der Waals surface area contributed by atoms with Crippen molar-refractivity contribution in [2.45, 2.75) is 24.8 Å². The highest BCUT2D eigenvalue weighted by Crippen LogP contribution is 2.30. The highest BCUT2D eigenvalue weighted by atomic mass is 32.2. The van der Waals surface area contributed by atoms with Crippen LogP contribution in [0.15, 0.2) is 77.7 Å². The van der Waals surface area contributed by atoms with Gasteiger partial charge in [0.2, 0.25) is 5.91 Å². The van der Waals surface area contributed by atoms with E-state index in [9.17, 15) is 13.2 Å². The predicted molar refractivity (Wildman–Crippen MR) is 128 cm³/mol. The molecule has 0 radical (unpaired) electrons. The molecule has 0 heterocycles. The van der Waals surface area contributed by atoms with Crippen LogP contribution in [0.5, 0.6) is 11.5 Å². The number of amides is 1. The summed E-state index contributed by atoms with van der Waals surface area (Å²) in [5.41, 5.74) is 1.91. The minimum atomic E-state index is -3.97. The third-order valence-corrected chi connectivity index (χ3v) is 7.06. The van der Waals surface area contributed by atoms with Gasteiger partial charge in [-0.2, -0.15) is 0 Å². The maximum Gasteiger partial charge on any atom is 0.264 e. The Morgan fingerprint density at radius 1 is 0.970 bits per heavy atom. The van der Waals surface area contributed by atoms with E-state index >= 15 is 0 Å². The van der Waals surface area contributed by atoms with Crippen molar-refractivity contribution in [2.24, 2.45) is 0 Å². The minimum Gasteiger partial charge on any atom is -0.497 e. The zero-order valence-electron chi connectivity index (χ0n) is 19.1. The molecule has 0 saturated heterocycles.